The van der Waals surface area contributed by atoms with Crippen LogP contribution >= 0.6 is 0 Å². The lowest BCUT2D eigenvalue weighted by Gasteiger charge is -2.36. The van der Waals surface area contributed by atoms with Gasteiger partial charge in [0.15, 0.2) is 5.82 Å². The van der Waals surface area contributed by atoms with Crippen LogP contribution in [0.15, 0.2) is 6.07 Å². The van der Waals surface area contributed by atoms with Gasteiger partial charge in [0.2, 0.25) is 0 Å². The number of piperidine rings is 1. The molecule has 1 atom stereocenters. The molecule has 5 nitrogen and oxygen atoms in total. The molecule has 118 valence electrons. The highest BCUT2D eigenvalue weighted by molar-refractivity contribution is 5.50. The van der Waals surface area contributed by atoms with Gasteiger partial charge in [0, 0.05) is 31.8 Å². The minimum atomic E-state index is 0.480. The molecule has 0 radical (unpaired) electrons. The van der Waals surface area contributed by atoms with Gasteiger partial charge in [-0.25, -0.2) is 9.97 Å². The molecule has 5 heteroatoms. The molecule has 2 heterocycles. The number of hydrogen-bond donors (Lipinski definition) is 1. The monoisotopic (exact) mass is 292 g/mol. The molecule has 0 saturated carbocycles. The molecule has 2 rings (SSSR count). The average Bonchev–Trinajstić information content (AvgIpc) is 2.53. The van der Waals surface area contributed by atoms with Crippen LogP contribution in [0.4, 0.5) is 11.6 Å². The fourth-order valence-electron chi connectivity index (χ4n) is 2.89. The average molecular weight is 292 g/mol. The predicted molar refractivity (Wildman–Crippen MR) is 86.8 cm³/mol. The first-order valence-electron chi connectivity index (χ1n) is 8.24. The lowest BCUT2D eigenvalue weighted by atomic mass is 10.00. The van der Waals surface area contributed by atoms with Crippen LogP contribution in [0.25, 0.3) is 0 Å². The van der Waals surface area contributed by atoms with Gasteiger partial charge in [0.1, 0.15) is 18.2 Å². The Morgan fingerprint density at radius 3 is 2.86 bits per heavy atom. The van der Waals surface area contributed by atoms with Crippen LogP contribution in [0.2, 0.25) is 0 Å². The van der Waals surface area contributed by atoms with E-state index in [9.17, 15) is 0 Å². The van der Waals surface area contributed by atoms with E-state index >= 15 is 0 Å². The molecule has 1 saturated heterocycles. The summed E-state index contributed by atoms with van der Waals surface area (Å²) in [4.78, 5) is 11.7. The van der Waals surface area contributed by atoms with Gasteiger partial charge >= 0.3 is 0 Å². The lowest BCUT2D eigenvalue weighted by Crippen LogP contribution is -2.39. The van der Waals surface area contributed by atoms with Crippen LogP contribution in [0.3, 0.4) is 0 Å². The zero-order valence-electron chi connectivity index (χ0n) is 13.6. The van der Waals surface area contributed by atoms with Gasteiger partial charge in [-0.05, 0) is 39.5 Å². The van der Waals surface area contributed by atoms with Gasteiger partial charge in [-0.3, -0.25) is 0 Å². The molecule has 21 heavy (non-hydrogen) atoms. The van der Waals surface area contributed by atoms with Crippen molar-refractivity contribution < 1.29 is 4.74 Å². The first-order chi connectivity index (χ1) is 10.3. The van der Waals surface area contributed by atoms with E-state index in [2.05, 4.69) is 35.1 Å². The summed E-state index contributed by atoms with van der Waals surface area (Å²) >= 11 is 0. The topological polar surface area (TPSA) is 50.3 Å². The summed E-state index contributed by atoms with van der Waals surface area (Å²) in [6, 6.07) is 2.68. The number of nitrogens with zero attached hydrogens (tertiary/aromatic N) is 3. The molecule has 0 aliphatic carbocycles. The normalized spacial score (nSPS) is 18.8. The number of ether oxygens (including phenoxy) is 1. The summed E-state index contributed by atoms with van der Waals surface area (Å²) in [6.07, 6.45) is 5.00. The van der Waals surface area contributed by atoms with Gasteiger partial charge in [-0.15, -0.1) is 0 Å². The molecule has 1 aliphatic rings. The summed E-state index contributed by atoms with van der Waals surface area (Å²) in [5.74, 6) is 2.71. The molecule has 1 fully saturated rings. The van der Waals surface area contributed by atoms with Crippen molar-refractivity contribution in [3.8, 4) is 0 Å². The standard InChI is InChI=1S/C16H28N4O/c1-4-13-9-7-8-10-20(13)16-11-14(17-5-2)18-15(19-16)12-21-6-3/h11,13H,4-10,12H2,1-3H3,(H,17,18,19). The summed E-state index contributed by atoms with van der Waals surface area (Å²) in [6.45, 7) is 9.46. The van der Waals surface area contributed by atoms with Crippen molar-refractivity contribution in [2.45, 2.75) is 59.1 Å². The second kappa shape index (κ2) is 8.17. The fourth-order valence-corrected chi connectivity index (χ4v) is 2.89. The van der Waals surface area contributed by atoms with Crippen molar-refractivity contribution in [1.82, 2.24) is 9.97 Å². The first kappa shape index (κ1) is 16.0. The molecule has 1 aromatic heterocycles. The summed E-state index contributed by atoms with van der Waals surface area (Å²) in [5, 5.41) is 3.30. The number of anilines is 2. The van der Waals surface area contributed by atoms with Crippen LogP contribution < -0.4 is 10.2 Å². The third-order valence-electron chi connectivity index (χ3n) is 3.94. The Balaban J connectivity index is 2.24. The maximum absolute atomic E-state index is 5.48. The SMILES string of the molecule is CCNc1cc(N2CCCCC2CC)nc(COCC)n1. The zero-order chi connectivity index (χ0) is 15.1. The van der Waals surface area contributed by atoms with Crippen molar-refractivity contribution in [2.75, 3.05) is 29.9 Å². The Bertz CT molecular complexity index is 438. The van der Waals surface area contributed by atoms with Crippen LogP contribution in [0.1, 0.15) is 52.3 Å². The van der Waals surface area contributed by atoms with Gasteiger partial charge in [0.25, 0.3) is 0 Å². The van der Waals surface area contributed by atoms with Crippen molar-refractivity contribution in [2.24, 2.45) is 0 Å². The summed E-state index contributed by atoms with van der Waals surface area (Å²) in [7, 11) is 0. The van der Waals surface area contributed by atoms with E-state index in [1.54, 1.807) is 0 Å². The fraction of sp³-hybridized carbons (Fsp3) is 0.750. The number of hydrogen-bond acceptors (Lipinski definition) is 5. The highest BCUT2D eigenvalue weighted by Gasteiger charge is 2.23. The van der Waals surface area contributed by atoms with Crippen LogP contribution in [0.5, 0.6) is 0 Å². The Morgan fingerprint density at radius 1 is 1.29 bits per heavy atom. The molecule has 0 aromatic carbocycles. The molecular formula is C16H28N4O. The minimum Gasteiger partial charge on any atom is -0.374 e. The molecule has 1 aliphatic heterocycles. The molecule has 1 unspecified atom stereocenters. The van der Waals surface area contributed by atoms with Crippen molar-refractivity contribution >= 4 is 11.6 Å². The predicted octanol–water partition coefficient (Wildman–Crippen LogP) is 3.21. The Morgan fingerprint density at radius 2 is 2.14 bits per heavy atom. The van der Waals surface area contributed by atoms with Crippen molar-refractivity contribution in [1.29, 1.82) is 0 Å². The second-order valence-electron chi connectivity index (χ2n) is 5.45. The second-order valence-corrected chi connectivity index (χ2v) is 5.45. The summed E-state index contributed by atoms with van der Waals surface area (Å²) < 4.78 is 5.48. The van der Waals surface area contributed by atoms with Crippen LogP contribution in [-0.4, -0.2) is 35.7 Å². The zero-order valence-corrected chi connectivity index (χ0v) is 13.6. The van der Waals surface area contributed by atoms with Crippen LogP contribution in [0, 0.1) is 0 Å². The van der Waals surface area contributed by atoms with Gasteiger partial charge in [-0.1, -0.05) is 6.92 Å². The largest absolute Gasteiger partial charge is 0.374 e. The number of nitrogens with one attached hydrogen (secondary N) is 1. The van der Waals surface area contributed by atoms with E-state index < -0.39 is 0 Å². The Labute approximate surface area is 128 Å². The first-order valence-corrected chi connectivity index (χ1v) is 8.24. The molecule has 0 spiro atoms. The van der Waals surface area contributed by atoms with E-state index in [-0.39, 0.29) is 0 Å². The Hall–Kier alpha value is -1.36. The quantitative estimate of drug-likeness (QED) is 0.836. The summed E-state index contributed by atoms with van der Waals surface area (Å²) in [5.41, 5.74) is 0. The van der Waals surface area contributed by atoms with Gasteiger partial charge in [0.05, 0.1) is 0 Å². The molecular weight excluding hydrogens is 264 g/mol. The maximum atomic E-state index is 5.48. The van der Waals surface area contributed by atoms with E-state index in [1.165, 1.54) is 25.7 Å². The number of aromatic nitrogens is 2. The Kier molecular flexibility index (Phi) is 6.23. The number of rotatable bonds is 7. The highest BCUT2D eigenvalue weighted by atomic mass is 16.5. The van der Waals surface area contributed by atoms with E-state index in [4.69, 9.17) is 9.72 Å². The van der Waals surface area contributed by atoms with Crippen LogP contribution in [-0.2, 0) is 11.3 Å². The molecule has 0 amide bonds. The maximum Gasteiger partial charge on any atom is 0.158 e. The van der Waals surface area contributed by atoms with E-state index in [0.717, 1.165) is 30.5 Å². The molecule has 1 aromatic rings. The van der Waals surface area contributed by atoms with Crippen molar-refractivity contribution in [3.05, 3.63) is 11.9 Å². The third kappa shape index (κ3) is 4.30. The van der Waals surface area contributed by atoms with Gasteiger partial charge < -0.3 is 15.0 Å². The molecule has 1 N–H and O–H groups in total. The smallest absolute Gasteiger partial charge is 0.158 e. The lowest BCUT2D eigenvalue weighted by molar-refractivity contribution is 0.128. The van der Waals surface area contributed by atoms with Gasteiger partial charge in [-0.2, -0.15) is 0 Å². The van der Waals surface area contributed by atoms with Crippen molar-refractivity contribution in [3.63, 3.8) is 0 Å². The third-order valence-corrected chi connectivity index (χ3v) is 3.94. The minimum absolute atomic E-state index is 0.480. The molecule has 0 bridgehead atoms. The highest BCUT2D eigenvalue weighted by Crippen LogP contribution is 2.26. The van der Waals surface area contributed by atoms with E-state index in [1.807, 2.05) is 6.92 Å². The van der Waals surface area contributed by atoms with E-state index in [0.29, 0.717) is 19.3 Å².